The van der Waals surface area contributed by atoms with Crippen molar-refractivity contribution in [2.24, 2.45) is 0 Å². The summed E-state index contributed by atoms with van der Waals surface area (Å²) in [7, 11) is 1.41. The third-order valence-corrected chi connectivity index (χ3v) is 7.13. The minimum atomic E-state index is -0.937. The summed E-state index contributed by atoms with van der Waals surface area (Å²) in [4.78, 5) is 52.6. The van der Waals surface area contributed by atoms with Gasteiger partial charge in [0.15, 0.2) is 5.75 Å². The molecule has 2 aliphatic heterocycles. The van der Waals surface area contributed by atoms with Crippen LogP contribution in [-0.4, -0.2) is 66.7 Å². The largest absolute Gasteiger partial charge is 0.494 e. The number of hydrogen-bond acceptors (Lipinski definition) is 7. The molecule has 208 valence electrons. The van der Waals surface area contributed by atoms with E-state index in [1.165, 1.54) is 31.1 Å². The molecule has 12 heteroatoms. The predicted octanol–water partition coefficient (Wildman–Crippen LogP) is 3.09. The molecule has 2 aromatic carbocycles. The van der Waals surface area contributed by atoms with Crippen molar-refractivity contribution < 1.29 is 33.4 Å². The molecule has 4 unspecified atom stereocenters. The molecule has 0 radical (unpaired) electrons. The lowest BCUT2D eigenvalue weighted by Crippen LogP contribution is -2.54. The van der Waals surface area contributed by atoms with E-state index in [2.05, 4.69) is 10.6 Å². The van der Waals surface area contributed by atoms with Gasteiger partial charge in [-0.25, -0.2) is 0 Å². The Morgan fingerprint density at radius 1 is 1.15 bits per heavy atom. The molecule has 2 heterocycles. The van der Waals surface area contributed by atoms with Gasteiger partial charge in [0.2, 0.25) is 18.1 Å². The molecule has 2 aromatic rings. The van der Waals surface area contributed by atoms with Crippen LogP contribution in [0, 0.1) is 0 Å². The van der Waals surface area contributed by atoms with Gasteiger partial charge in [0, 0.05) is 12.1 Å². The second-order valence-corrected chi connectivity index (χ2v) is 10.1. The molecular formula is C27H29Cl2N3O7. The van der Waals surface area contributed by atoms with Crippen LogP contribution in [0.5, 0.6) is 5.75 Å². The minimum Gasteiger partial charge on any atom is -0.494 e. The van der Waals surface area contributed by atoms with Crippen LogP contribution < -0.4 is 15.4 Å². The number of amides is 3. The van der Waals surface area contributed by atoms with Crippen LogP contribution in [-0.2, 0) is 30.5 Å². The fourth-order valence-corrected chi connectivity index (χ4v) is 5.26. The average Bonchev–Trinajstić information content (AvgIpc) is 3.53. The van der Waals surface area contributed by atoms with Crippen LogP contribution in [0.25, 0.3) is 0 Å². The second-order valence-electron chi connectivity index (χ2n) is 9.33. The highest BCUT2D eigenvalue weighted by Gasteiger charge is 2.41. The van der Waals surface area contributed by atoms with E-state index >= 15 is 0 Å². The van der Waals surface area contributed by atoms with Gasteiger partial charge in [0.05, 0.1) is 30.2 Å². The van der Waals surface area contributed by atoms with Crippen LogP contribution in [0.3, 0.4) is 0 Å². The van der Waals surface area contributed by atoms with Gasteiger partial charge in [0.1, 0.15) is 18.1 Å². The summed E-state index contributed by atoms with van der Waals surface area (Å²) in [6.45, 7) is 2.10. The monoisotopic (exact) mass is 577 g/mol. The maximum absolute atomic E-state index is 13.2. The third-order valence-electron chi connectivity index (χ3n) is 6.57. The molecule has 2 saturated heterocycles. The number of cyclic esters (lactones) is 1. The van der Waals surface area contributed by atoms with Crippen molar-refractivity contribution in [1.29, 1.82) is 0 Å². The number of benzene rings is 2. The second kappa shape index (κ2) is 12.7. The van der Waals surface area contributed by atoms with E-state index < -0.39 is 48.1 Å². The summed E-state index contributed by atoms with van der Waals surface area (Å²) in [5.74, 6) is -1.62. The van der Waals surface area contributed by atoms with Crippen molar-refractivity contribution in [3.05, 3.63) is 63.6 Å². The average molecular weight is 578 g/mol. The van der Waals surface area contributed by atoms with Crippen LogP contribution >= 0.6 is 23.2 Å². The first-order chi connectivity index (χ1) is 18.7. The minimum absolute atomic E-state index is 0.0364. The van der Waals surface area contributed by atoms with Gasteiger partial charge in [-0.2, -0.15) is 0 Å². The van der Waals surface area contributed by atoms with Gasteiger partial charge in [0.25, 0.3) is 5.91 Å². The van der Waals surface area contributed by atoms with Gasteiger partial charge in [-0.05, 0) is 37.5 Å². The third kappa shape index (κ3) is 6.81. The highest BCUT2D eigenvalue weighted by molar-refractivity contribution is 6.37. The Morgan fingerprint density at radius 2 is 1.85 bits per heavy atom. The van der Waals surface area contributed by atoms with E-state index in [1.54, 1.807) is 0 Å². The fourth-order valence-electron chi connectivity index (χ4n) is 4.62. The Hall–Kier alpha value is -3.34. The molecule has 0 aromatic heterocycles. The Bertz CT molecular complexity index is 1220. The zero-order chi connectivity index (χ0) is 28.1. The van der Waals surface area contributed by atoms with Crippen LogP contribution in [0.2, 0.25) is 10.0 Å². The molecule has 0 spiro atoms. The van der Waals surface area contributed by atoms with Gasteiger partial charge >= 0.3 is 5.97 Å². The number of ether oxygens (including phenoxy) is 3. The molecule has 39 heavy (non-hydrogen) atoms. The maximum atomic E-state index is 13.2. The Balaban J connectivity index is 1.36. The Kier molecular flexibility index (Phi) is 9.32. The first-order valence-electron chi connectivity index (χ1n) is 12.5. The standard InChI is InChI=1S/C27H29Cl2N3O7/c1-15(30-24(34)17-11-18(28)23(37-2)19(29)12-17)26(36)32-10-6-9-21(32)25(35)31-20-13-22(33)39-27(20)38-14-16-7-4-3-5-8-16/h3-5,7-8,11-12,15,20-21,27H,6,9-10,13-14H2,1-2H3,(H,30,34)(H,31,35). The Morgan fingerprint density at radius 3 is 2.51 bits per heavy atom. The van der Waals surface area contributed by atoms with Crippen molar-refractivity contribution in [2.75, 3.05) is 13.7 Å². The van der Waals surface area contributed by atoms with Gasteiger partial charge < -0.3 is 29.7 Å². The molecule has 0 bridgehead atoms. The number of likely N-dealkylation sites (tertiary alicyclic amines) is 1. The van der Waals surface area contributed by atoms with E-state index in [1.807, 2.05) is 30.3 Å². The topological polar surface area (TPSA) is 123 Å². The maximum Gasteiger partial charge on any atom is 0.310 e. The number of nitrogens with zero attached hydrogens (tertiary/aromatic N) is 1. The first-order valence-corrected chi connectivity index (χ1v) is 13.2. The highest BCUT2D eigenvalue weighted by atomic mass is 35.5. The van der Waals surface area contributed by atoms with Gasteiger partial charge in [-0.15, -0.1) is 0 Å². The Labute approximate surface area is 235 Å². The molecule has 0 saturated carbocycles. The molecule has 3 amide bonds. The van der Waals surface area contributed by atoms with Crippen molar-refractivity contribution in [3.63, 3.8) is 0 Å². The quantitative estimate of drug-likeness (QED) is 0.439. The molecule has 4 atom stereocenters. The van der Waals surface area contributed by atoms with E-state index in [0.29, 0.717) is 19.4 Å². The molecule has 2 N–H and O–H groups in total. The number of esters is 1. The van der Waals surface area contributed by atoms with Gasteiger partial charge in [-0.1, -0.05) is 53.5 Å². The zero-order valence-electron chi connectivity index (χ0n) is 21.4. The van der Waals surface area contributed by atoms with E-state index in [-0.39, 0.29) is 34.4 Å². The highest BCUT2D eigenvalue weighted by Crippen LogP contribution is 2.33. The van der Waals surface area contributed by atoms with Gasteiger partial charge in [-0.3, -0.25) is 19.2 Å². The number of methoxy groups -OCH3 is 1. The SMILES string of the molecule is COc1c(Cl)cc(C(=O)NC(C)C(=O)N2CCCC2C(=O)NC2CC(=O)OC2OCc2ccccc2)cc1Cl. The van der Waals surface area contributed by atoms with E-state index in [0.717, 1.165) is 5.56 Å². The van der Waals surface area contributed by atoms with Crippen LogP contribution in [0.4, 0.5) is 0 Å². The number of carbonyl (C=O) groups excluding carboxylic acids is 4. The van der Waals surface area contributed by atoms with E-state index in [9.17, 15) is 19.2 Å². The van der Waals surface area contributed by atoms with Crippen LogP contribution in [0.1, 0.15) is 42.1 Å². The predicted molar refractivity (Wildman–Crippen MR) is 142 cm³/mol. The first kappa shape index (κ1) is 28.7. The summed E-state index contributed by atoms with van der Waals surface area (Å²) < 4.78 is 16.1. The lowest BCUT2D eigenvalue weighted by molar-refractivity contribution is -0.168. The van der Waals surface area contributed by atoms with Crippen molar-refractivity contribution in [3.8, 4) is 5.75 Å². The van der Waals surface area contributed by atoms with Crippen molar-refractivity contribution in [1.82, 2.24) is 15.5 Å². The molecule has 4 rings (SSSR count). The summed E-state index contributed by atoms with van der Waals surface area (Å²) in [6, 6.07) is 9.80. The normalized spacial score (nSPS) is 21.3. The van der Waals surface area contributed by atoms with Crippen LogP contribution in [0.15, 0.2) is 42.5 Å². The number of nitrogens with one attached hydrogen (secondary N) is 2. The summed E-state index contributed by atoms with van der Waals surface area (Å²) >= 11 is 12.3. The lowest BCUT2D eigenvalue weighted by atomic mass is 10.1. The number of rotatable bonds is 9. The molecule has 2 fully saturated rings. The smallest absolute Gasteiger partial charge is 0.310 e. The summed E-state index contributed by atoms with van der Waals surface area (Å²) in [5, 5.41) is 5.77. The number of carbonyl (C=O) groups is 4. The summed E-state index contributed by atoms with van der Waals surface area (Å²) in [6.07, 6.45) is 0.0838. The molecule has 0 aliphatic carbocycles. The summed E-state index contributed by atoms with van der Waals surface area (Å²) in [5.41, 5.74) is 1.06. The fraction of sp³-hybridized carbons (Fsp3) is 0.407. The van der Waals surface area contributed by atoms with Crippen molar-refractivity contribution in [2.45, 2.75) is 57.2 Å². The lowest BCUT2D eigenvalue weighted by Gasteiger charge is -2.28. The number of halogens is 2. The van der Waals surface area contributed by atoms with Crippen molar-refractivity contribution >= 4 is 46.9 Å². The molecule has 10 nitrogen and oxygen atoms in total. The number of hydrogen-bond donors (Lipinski definition) is 2. The van der Waals surface area contributed by atoms with E-state index in [4.69, 9.17) is 37.4 Å². The molecular weight excluding hydrogens is 549 g/mol. The molecule has 2 aliphatic rings. The zero-order valence-corrected chi connectivity index (χ0v) is 23.0.